The van der Waals surface area contributed by atoms with Gasteiger partial charge in [-0.1, -0.05) is 18.7 Å². The van der Waals surface area contributed by atoms with Gasteiger partial charge < -0.3 is 5.32 Å². The van der Waals surface area contributed by atoms with Crippen molar-refractivity contribution < 1.29 is 0 Å². The number of nitrogens with one attached hydrogen (secondary N) is 1. The topological polar surface area (TPSA) is 48.2 Å². The van der Waals surface area contributed by atoms with E-state index < -0.39 is 0 Å². The van der Waals surface area contributed by atoms with Crippen LogP contribution < -0.4 is 5.32 Å². The Labute approximate surface area is 120 Å². The third kappa shape index (κ3) is 3.27. The number of hydrogen-bond donors (Lipinski definition) is 1. The van der Waals surface area contributed by atoms with Crippen LogP contribution in [0.3, 0.4) is 0 Å². The molecule has 0 aromatic heterocycles. The van der Waals surface area contributed by atoms with E-state index in [-0.39, 0.29) is 0 Å². The van der Waals surface area contributed by atoms with Gasteiger partial charge in [0.25, 0.3) is 0 Å². The van der Waals surface area contributed by atoms with Gasteiger partial charge in [-0.25, -0.2) is 0 Å². The number of halogens is 1. The number of hydrogen-bond acceptors (Lipinski definition) is 4. The Hall–Kier alpha value is -0.990. The number of benzene rings is 1. The van der Waals surface area contributed by atoms with Gasteiger partial charge >= 0.3 is 0 Å². The number of amidine groups is 1. The summed E-state index contributed by atoms with van der Waals surface area (Å²) in [6.45, 7) is 4.34. The Kier molecular flexibility index (Phi) is 4.31. The second-order valence-electron chi connectivity index (χ2n) is 4.38. The molecule has 1 aromatic rings. The number of nitriles is 1. The lowest BCUT2D eigenvalue weighted by atomic mass is 10.2. The van der Waals surface area contributed by atoms with Crippen molar-refractivity contribution in [1.82, 2.24) is 0 Å². The van der Waals surface area contributed by atoms with Crippen molar-refractivity contribution in [2.24, 2.45) is 4.99 Å². The zero-order chi connectivity index (χ0) is 13.1. The lowest BCUT2D eigenvalue weighted by Gasteiger charge is -2.23. The number of nitrogens with zero attached hydrogens (tertiary/aromatic N) is 2. The monoisotopic (exact) mass is 323 g/mol. The highest BCUT2D eigenvalue weighted by molar-refractivity contribution is 9.10. The molecular formula is C13H14BrN3S. The molecule has 94 valence electrons. The van der Waals surface area contributed by atoms with Crippen LogP contribution in [0, 0.1) is 11.3 Å². The predicted octanol–water partition coefficient (Wildman–Crippen LogP) is 4.00. The highest BCUT2D eigenvalue weighted by atomic mass is 79.9. The summed E-state index contributed by atoms with van der Waals surface area (Å²) in [6, 6.07) is 7.99. The molecule has 2 atom stereocenters. The molecule has 0 radical (unpaired) electrons. The maximum Gasteiger partial charge on any atom is 0.161 e. The second-order valence-corrected chi connectivity index (χ2v) is 6.66. The van der Waals surface area contributed by atoms with Crippen molar-refractivity contribution in [2.45, 2.75) is 31.6 Å². The van der Waals surface area contributed by atoms with Gasteiger partial charge in [0.15, 0.2) is 5.17 Å². The first kappa shape index (κ1) is 13.4. The molecule has 0 saturated heterocycles. The molecule has 1 aliphatic rings. The molecule has 0 spiro atoms. The zero-order valence-corrected chi connectivity index (χ0v) is 12.7. The first-order valence-corrected chi connectivity index (χ1v) is 7.47. The maximum atomic E-state index is 8.82. The minimum absolute atomic E-state index is 0.362. The fourth-order valence-corrected chi connectivity index (χ4v) is 3.51. The molecule has 0 amide bonds. The fourth-order valence-electron chi connectivity index (χ4n) is 1.87. The van der Waals surface area contributed by atoms with Gasteiger partial charge in [-0.3, -0.25) is 4.99 Å². The van der Waals surface area contributed by atoms with Crippen LogP contribution in [-0.4, -0.2) is 16.5 Å². The van der Waals surface area contributed by atoms with E-state index >= 15 is 0 Å². The minimum atomic E-state index is 0.362. The van der Waals surface area contributed by atoms with Crippen molar-refractivity contribution in [3.63, 3.8) is 0 Å². The van der Waals surface area contributed by atoms with E-state index in [2.05, 4.69) is 46.2 Å². The summed E-state index contributed by atoms with van der Waals surface area (Å²) < 4.78 is 0.885. The lowest BCUT2D eigenvalue weighted by molar-refractivity contribution is 0.661. The standard InChI is InChI=1S/C13H14BrN3S/c1-8-5-9(2)18-13(16-8)17-12-4-3-10(7-15)6-11(12)14/h3-4,6,8-9H,5H2,1-2H3,(H,16,17). The molecule has 1 heterocycles. The average molecular weight is 324 g/mol. The normalized spacial score (nSPS) is 23.1. The van der Waals surface area contributed by atoms with Crippen LogP contribution in [0.5, 0.6) is 0 Å². The Balaban J connectivity index is 2.17. The van der Waals surface area contributed by atoms with Crippen LogP contribution >= 0.6 is 27.7 Å². The Bertz CT molecular complexity index is 521. The van der Waals surface area contributed by atoms with E-state index in [1.165, 1.54) is 0 Å². The number of aliphatic imine (C=N–C) groups is 1. The molecule has 0 fully saturated rings. The zero-order valence-electron chi connectivity index (χ0n) is 10.3. The molecule has 0 saturated carbocycles. The molecule has 1 aromatic carbocycles. The molecule has 0 aliphatic carbocycles. The number of rotatable bonds is 1. The largest absolute Gasteiger partial charge is 0.334 e. The Morgan fingerprint density at radius 1 is 1.50 bits per heavy atom. The summed E-state index contributed by atoms with van der Waals surface area (Å²) >= 11 is 5.22. The van der Waals surface area contributed by atoms with Gasteiger partial charge in [-0.2, -0.15) is 5.26 Å². The van der Waals surface area contributed by atoms with Crippen LogP contribution in [0.4, 0.5) is 5.69 Å². The van der Waals surface area contributed by atoms with Crippen molar-refractivity contribution in [2.75, 3.05) is 5.32 Å². The van der Waals surface area contributed by atoms with Crippen LogP contribution in [0.2, 0.25) is 0 Å². The molecule has 5 heteroatoms. The first-order chi connectivity index (χ1) is 8.58. The van der Waals surface area contributed by atoms with Crippen molar-refractivity contribution in [1.29, 1.82) is 5.26 Å². The maximum absolute atomic E-state index is 8.82. The Morgan fingerprint density at radius 2 is 2.28 bits per heavy atom. The van der Waals surface area contributed by atoms with Gasteiger partial charge in [-0.05, 0) is 47.5 Å². The van der Waals surface area contributed by atoms with Gasteiger partial charge in [-0.15, -0.1) is 0 Å². The van der Waals surface area contributed by atoms with E-state index in [9.17, 15) is 0 Å². The second kappa shape index (κ2) is 5.77. The summed E-state index contributed by atoms with van der Waals surface area (Å²) in [5.74, 6) is 0. The van der Waals surface area contributed by atoms with Gasteiger partial charge in [0.05, 0.1) is 23.4 Å². The Morgan fingerprint density at radius 3 is 2.89 bits per heavy atom. The summed E-state index contributed by atoms with van der Waals surface area (Å²) in [5, 5.41) is 13.7. The summed E-state index contributed by atoms with van der Waals surface area (Å²) in [7, 11) is 0. The fraction of sp³-hybridized carbons (Fsp3) is 0.385. The number of anilines is 1. The first-order valence-electron chi connectivity index (χ1n) is 5.79. The SMILES string of the molecule is CC1CC(C)SC(Nc2ccc(C#N)cc2Br)=N1. The van der Waals surface area contributed by atoms with Crippen LogP contribution in [-0.2, 0) is 0 Å². The molecule has 0 bridgehead atoms. The number of thioether (sulfide) groups is 1. The summed E-state index contributed by atoms with van der Waals surface area (Å²) in [6.07, 6.45) is 1.12. The van der Waals surface area contributed by atoms with Crippen molar-refractivity contribution >= 4 is 38.5 Å². The molecular weight excluding hydrogens is 310 g/mol. The molecule has 2 rings (SSSR count). The van der Waals surface area contributed by atoms with E-state index in [0.717, 1.165) is 21.7 Å². The van der Waals surface area contributed by atoms with E-state index in [1.54, 1.807) is 17.8 Å². The van der Waals surface area contributed by atoms with Crippen molar-refractivity contribution in [3.05, 3.63) is 28.2 Å². The molecule has 1 N–H and O–H groups in total. The molecule has 3 nitrogen and oxygen atoms in total. The van der Waals surface area contributed by atoms with E-state index in [0.29, 0.717) is 16.9 Å². The van der Waals surface area contributed by atoms with Gasteiger partial charge in [0.2, 0.25) is 0 Å². The average Bonchev–Trinajstić information content (AvgIpc) is 2.30. The lowest BCUT2D eigenvalue weighted by Crippen LogP contribution is -2.22. The minimum Gasteiger partial charge on any atom is -0.334 e. The smallest absolute Gasteiger partial charge is 0.161 e. The van der Waals surface area contributed by atoms with Gasteiger partial charge in [0, 0.05) is 9.72 Å². The molecule has 2 unspecified atom stereocenters. The predicted molar refractivity (Wildman–Crippen MR) is 81.0 cm³/mol. The van der Waals surface area contributed by atoms with E-state index in [1.807, 2.05) is 12.1 Å². The summed E-state index contributed by atoms with van der Waals surface area (Å²) in [4.78, 5) is 4.59. The van der Waals surface area contributed by atoms with Crippen LogP contribution in [0.25, 0.3) is 0 Å². The van der Waals surface area contributed by atoms with Crippen LogP contribution in [0.15, 0.2) is 27.7 Å². The quantitative estimate of drug-likeness (QED) is 0.849. The molecule has 18 heavy (non-hydrogen) atoms. The third-order valence-corrected chi connectivity index (χ3v) is 4.34. The highest BCUT2D eigenvalue weighted by Gasteiger charge is 2.18. The van der Waals surface area contributed by atoms with Gasteiger partial charge in [0.1, 0.15) is 0 Å². The summed E-state index contributed by atoms with van der Waals surface area (Å²) in [5.41, 5.74) is 1.59. The van der Waals surface area contributed by atoms with E-state index in [4.69, 9.17) is 5.26 Å². The third-order valence-electron chi connectivity index (χ3n) is 2.66. The molecule has 1 aliphatic heterocycles. The highest BCUT2D eigenvalue weighted by Crippen LogP contribution is 2.29. The van der Waals surface area contributed by atoms with Crippen molar-refractivity contribution in [3.8, 4) is 6.07 Å². The van der Waals surface area contributed by atoms with Crippen LogP contribution in [0.1, 0.15) is 25.8 Å².